The number of thioether (sulfide) groups is 2. The third-order valence-electron chi connectivity index (χ3n) is 3.23. The fourth-order valence-corrected chi connectivity index (χ4v) is 9.09. The fourth-order valence-electron chi connectivity index (χ4n) is 2.35. The second kappa shape index (κ2) is 8.07. The average Bonchev–Trinajstić information content (AvgIpc) is 2.49. The largest absolute Gasteiger partial charge is 0.356 e. The molecule has 2 rings (SSSR count). The smallest absolute Gasteiger partial charge is 0.307 e. The van der Waals surface area contributed by atoms with Gasteiger partial charge in [-0.3, -0.25) is 4.57 Å². The van der Waals surface area contributed by atoms with E-state index in [0.717, 1.165) is 17.9 Å². The minimum atomic E-state index is -3.17. The van der Waals surface area contributed by atoms with Crippen LogP contribution >= 0.6 is 31.1 Å². The Morgan fingerprint density at radius 2 is 1.67 bits per heavy atom. The van der Waals surface area contributed by atoms with E-state index >= 15 is 0 Å². The third-order valence-corrected chi connectivity index (χ3v) is 10.4. The van der Waals surface area contributed by atoms with Gasteiger partial charge in [-0.25, -0.2) is 0 Å². The van der Waals surface area contributed by atoms with Crippen LogP contribution in [-0.2, 0) is 20.0 Å². The summed E-state index contributed by atoms with van der Waals surface area (Å²) in [7, 11) is -3.17. The lowest BCUT2D eigenvalue weighted by molar-refractivity contribution is 0.215. The highest BCUT2D eigenvalue weighted by atomic mass is 32.2. The first-order chi connectivity index (χ1) is 10.2. The van der Waals surface area contributed by atoms with Crippen molar-refractivity contribution >= 4 is 31.1 Å². The Kier molecular flexibility index (Phi) is 6.70. The lowest BCUT2D eigenvalue weighted by Gasteiger charge is -2.40. The molecule has 0 saturated carbocycles. The Morgan fingerprint density at radius 3 is 2.19 bits per heavy atom. The van der Waals surface area contributed by atoms with E-state index in [-0.39, 0.29) is 0 Å². The molecule has 1 saturated heterocycles. The van der Waals surface area contributed by atoms with Crippen molar-refractivity contribution in [3.05, 3.63) is 35.9 Å². The van der Waals surface area contributed by atoms with Gasteiger partial charge in [-0.1, -0.05) is 30.3 Å². The van der Waals surface area contributed by atoms with Crippen LogP contribution in [0.2, 0.25) is 0 Å². The molecule has 21 heavy (non-hydrogen) atoms. The molecule has 6 heteroatoms. The highest BCUT2D eigenvalue weighted by molar-refractivity contribution is 8.25. The molecule has 118 valence electrons. The van der Waals surface area contributed by atoms with Gasteiger partial charge in [0.25, 0.3) is 0 Å². The Labute approximate surface area is 136 Å². The molecule has 0 aromatic heterocycles. The molecule has 0 unspecified atom stereocenters. The topological polar surface area (TPSA) is 35.5 Å². The minimum absolute atomic E-state index is 0.412. The summed E-state index contributed by atoms with van der Waals surface area (Å²) < 4.78 is 24.2. The first-order valence-electron chi connectivity index (χ1n) is 7.37. The molecular formula is C15H23O3PS2. The molecule has 3 nitrogen and oxygen atoms in total. The quantitative estimate of drug-likeness (QED) is 0.648. The molecule has 0 aliphatic carbocycles. The summed E-state index contributed by atoms with van der Waals surface area (Å²) in [6.07, 6.45) is 1.85. The fraction of sp³-hybridized carbons (Fsp3) is 0.600. The lowest BCUT2D eigenvalue weighted by atomic mass is 10.2. The van der Waals surface area contributed by atoms with Crippen LogP contribution < -0.4 is 0 Å². The predicted molar refractivity (Wildman–Crippen MR) is 93.3 cm³/mol. The molecule has 1 aliphatic heterocycles. The third kappa shape index (κ3) is 4.08. The zero-order valence-corrected chi connectivity index (χ0v) is 15.1. The molecule has 1 fully saturated rings. The molecule has 0 bridgehead atoms. The predicted octanol–water partition coefficient (Wildman–Crippen LogP) is 5.02. The average molecular weight is 346 g/mol. The lowest BCUT2D eigenvalue weighted by Crippen LogP contribution is -2.30. The van der Waals surface area contributed by atoms with Gasteiger partial charge in [-0.15, -0.1) is 23.5 Å². The van der Waals surface area contributed by atoms with Crippen molar-refractivity contribution in [1.29, 1.82) is 0 Å². The van der Waals surface area contributed by atoms with Gasteiger partial charge in [-0.05, 0) is 37.3 Å². The minimum Gasteiger partial charge on any atom is -0.307 e. The monoisotopic (exact) mass is 346 g/mol. The van der Waals surface area contributed by atoms with Gasteiger partial charge in [0.2, 0.25) is 0 Å². The summed E-state index contributed by atoms with van der Waals surface area (Å²) in [6, 6.07) is 10.2. The summed E-state index contributed by atoms with van der Waals surface area (Å²) >= 11 is 3.48. The molecule has 0 spiro atoms. The summed E-state index contributed by atoms with van der Waals surface area (Å²) in [5.74, 6) is 2.01. The second-order valence-corrected chi connectivity index (χ2v) is 10.7. The standard InChI is InChI=1S/C15H23O3PS2/c1-3-17-19(16,18-4-2)15(20-11-8-12-21-15)13-14-9-6-5-7-10-14/h5-7,9-10H,3-4,8,11-13H2,1-2H3. The maximum Gasteiger partial charge on any atom is 0.356 e. The number of benzene rings is 1. The molecule has 1 aromatic carbocycles. The van der Waals surface area contributed by atoms with Crippen LogP contribution in [0.4, 0.5) is 0 Å². The highest BCUT2D eigenvalue weighted by Crippen LogP contribution is 2.71. The number of rotatable bonds is 7. The molecule has 0 atom stereocenters. The van der Waals surface area contributed by atoms with Crippen molar-refractivity contribution in [3.8, 4) is 0 Å². The summed E-state index contributed by atoms with van der Waals surface area (Å²) in [5.41, 5.74) is 1.18. The van der Waals surface area contributed by atoms with Crippen LogP contribution in [0, 0.1) is 0 Å². The zero-order chi connectivity index (χ0) is 15.2. The van der Waals surface area contributed by atoms with Crippen LogP contribution in [0.1, 0.15) is 25.8 Å². The van der Waals surface area contributed by atoms with Gasteiger partial charge in [0.15, 0.2) is 3.82 Å². The van der Waals surface area contributed by atoms with Gasteiger partial charge in [0, 0.05) is 6.42 Å². The molecule has 1 aliphatic rings. The van der Waals surface area contributed by atoms with Crippen molar-refractivity contribution in [2.75, 3.05) is 24.7 Å². The maximum atomic E-state index is 13.4. The van der Waals surface area contributed by atoms with Crippen LogP contribution in [0.25, 0.3) is 0 Å². The Morgan fingerprint density at radius 1 is 1.10 bits per heavy atom. The van der Waals surface area contributed by atoms with E-state index in [1.807, 2.05) is 32.0 Å². The van der Waals surface area contributed by atoms with Gasteiger partial charge in [-0.2, -0.15) is 0 Å². The van der Waals surface area contributed by atoms with Gasteiger partial charge < -0.3 is 9.05 Å². The Hall–Kier alpha value is 0.0700. The van der Waals surface area contributed by atoms with E-state index in [1.165, 1.54) is 5.56 Å². The van der Waals surface area contributed by atoms with E-state index < -0.39 is 11.4 Å². The van der Waals surface area contributed by atoms with Crippen molar-refractivity contribution in [2.24, 2.45) is 0 Å². The zero-order valence-electron chi connectivity index (χ0n) is 12.6. The normalized spacial score (nSPS) is 18.6. The van der Waals surface area contributed by atoms with E-state index in [2.05, 4.69) is 12.1 Å². The number of hydrogen-bond acceptors (Lipinski definition) is 5. The van der Waals surface area contributed by atoms with Crippen molar-refractivity contribution in [3.63, 3.8) is 0 Å². The van der Waals surface area contributed by atoms with E-state index in [0.29, 0.717) is 19.6 Å². The molecule has 0 radical (unpaired) electrons. The summed E-state index contributed by atoms with van der Waals surface area (Å²) in [4.78, 5) is 0. The van der Waals surface area contributed by atoms with Gasteiger partial charge >= 0.3 is 7.60 Å². The van der Waals surface area contributed by atoms with Gasteiger partial charge in [0.05, 0.1) is 13.2 Å². The molecule has 1 heterocycles. The van der Waals surface area contributed by atoms with Gasteiger partial charge in [0.1, 0.15) is 0 Å². The Bertz CT molecular complexity index is 465. The summed E-state index contributed by atoms with van der Waals surface area (Å²) in [6.45, 7) is 4.57. The van der Waals surface area contributed by atoms with Crippen LogP contribution in [-0.4, -0.2) is 28.5 Å². The van der Waals surface area contributed by atoms with E-state index in [1.54, 1.807) is 23.5 Å². The second-order valence-electron chi connectivity index (χ2n) is 4.76. The molecule has 0 amide bonds. The molecule has 1 aromatic rings. The van der Waals surface area contributed by atoms with E-state index in [4.69, 9.17) is 9.05 Å². The molecule has 0 N–H and O–H groups in total. The van der Waals surface area contributed by atoms with E-state index in [9.17, 15) is 4.57 Å². The molecular weight excluding hydrogens is 323 g/mol. The SMILES string of the molecule is CCOP(=O)(OCC)C1(Cc2ccccc2)SCCCS1. The summed E-state index contributed by atoms with van der Waals surface area (Å²) in [5, 5.41) is 0. The number of hydrogen-bond donors (Lipinski definition) is 0. The van der Waals surface area contributed by atoms with Crippen LogP contribution in [0.5, 0.6) is 0 Å². The first kappa shape index (κ1) is 17.4. The van der Waals surface area contributed by atoms with Crippen LogP contribution in [0.3, 0.4) is 0 Å². The van der Waals surface area contributed by atoms with Crippen LogP contribution in [0.15, 0.2) is 30.3 Å². The van der Waals surface area contributed by atoms with Crippen molar-refractivity contribution < 1.29 is 13.6 Å². The first-order valence-corrected chi connectivity index (χ1v) is 10.9. The maximum absolute atomic E-state index is 13.4. The van der Waals surface area contributed by atoms with Crippen molar-refractivity contribution in [1.82, 2.24) is 0 Å². The van der Waals surface area contributed by atoms with Crippen molar-refractivity contribution in [2.45, 2.75) is 30.5 Å². The highest BCUT2D eigenvalue weighted by Gasteiger charge is 2.53. The Balaban J connectivity index is 2.33.